The second kappa shape index (κ2) is 12.1. The monoisotopic (exact) mass is 688 g/mol. The Morgan fingerprint density at radius 3 is 1.46 bits per heavy atom. The van der Waals surface area contributed by atoms with Crippen molar-refractivity contribution < 1.29 is 0 Å². The van der Waals surface area contributed by atoms with Crippen LogP contribution in [0.2, 0.25) is 0 Å². The summed E-state index contributed by atoms with van der Waals surface area (Å²) in [6.07, 6.45) is 3.95. The van der Waals surface area contributed by atoms with E-state index < -0.39 is 0 Å². The van der Waals surface area contributed by atoms with E-state index in [-0.39, 0.29) is 0 Å². The van der Waals surface area contributed by atoms with Crippen molar-refractivity contribution in [3.8, 4) is 45.0 Å². The molecule has 0 saturated carbocycles. The highest BCUT2D eigenvalue weighted by Crippen LogP contribution is 2.42. The third-order valence-electron chi connectivity index (χ3n) is 10.8. The van der Waals surface area contributed by atoms with Crippen molar-refractivity contribution in [3.63, 3.8) is 0 Å². The van der Waals surface area contributed by atoms with E-state index in [0.717, 1.165) is 44.5 Å². The van der Waals surface area contributed by atoms with Crippen LogP contribution in [0.4, 0.5) is 0 Å². The average molecular weight is 689 g/mol. The molecule has 0 fully saturated rings. The molecule has 0 saturated heterocycles. The lowest BCUT2D eigenvalue weighted by Gasteiger charge is -2.13. The molecule has 0 radical (unpaired) electrons. The maximum absolute atomic E-state index is 5.15. The minimum Gasteiger partial charge on any atom is -0.307 e. The highest BCUT2D eigenvalue weighted by molar-refractivity contribution is 6.24. The summed E-state index contributed by atoms with van der Waals surface area (Å²) in [5, 5.41) is 7.18. The molecular weight excluding hydrogens is 657 g/mol. The highest BCUT2D eigenvalue weighted by atomic mass is 15.2. The van der Waals surface area contributed by atoms with Crippen molar-refractivity contribution in [3.05, 3.63) is 194 Å². The fourth-order valence-corrected chi connectivity index (χ4v) is 8.26. The van der Waals surface area contributed by atoms with Gasteiger partial charge in [-0.25, -0.2) is 9.97 Å². The normalized spacial score (nSPS) is 11.7. The van der Waals surface area contributed by atoms with Crippen LogP contribution >= 0.6 is 0 Å². The quantitative estimate of drug-likeness (QED) is 0.180. The third-order valence-corrected chi connectivity index (χ3v) is 10.8. The van der Waals surface area contributed by atoms with Crippen LogP contribution in [-0.2, 0) is 0 Å². The van der Waals surface area contributed by atoms with Gasteiger partial charge in [0.2, 0.25) is 5.95 Å². The van der Waals surface area contributed by atoms with Crippen LogP contribution < -0.4 is 0 Å². The molecule has 0 aliphatic carbocycles. The van der Waals surface area contributed by atoms with Crippen molar-refractivity contribution in [1.29, 1.82) is 0 Å². The lowest BCUT2D eigenvalue weighted by molar-refractivity contribution is 0.989. The summed E-state index contributed by atoms with van der Waals surface area (Å²) in [5.74, 6) is 0.634. The standard InChI is InChI=1S/C50H32N4/c1-4-14-33(15-5-1)37-26-38(34-16-6-2-7-17-34)28-39(27-37)40-31-51-50(52-32-40)54-46-23-13-12-22-42(46)43-24-25-44-45-29-35-18-10-11-19-36(35)30-47(45)53(48(44)49(43)54)41-20-8-3-9-21-41/h1-32H. The molecule has 0 aliphatic rings. The molecule has 11 rings (SSSR count). The Labute approximate surface area is 311 Å². The van der Waals surface area contributed by atoms with Gasteiger partial charge in [-0.2, -0.15) is 0 Å². The molecule has 0 aliphatic heterocycles. The molecule has 3 aromatic heterocycles. The molecule has 0 bridgehead atoms. The zero-order chi connectivity index (χ0) is 35.6. The molecule has 54 heavy (non-hydrogen) atoms. The predicted octanol–water partition coefficient (Wildman–Crippen LogP) is 12.8. The summed E-state index contributed by atoms with van der Waals surface area (Å²) in [7, 11) is 0. The van der Waals surface area contributed by atoms with Crippen LogP contribution in [0.15, 0.2) is 194 Å². The molecule has 4 nitrogen and oxygen atoms in total. The van der Waals surface area contributed by atoms with E-state index in [0.29, 0.717) is 5.95 Å². The van der Waals surface area contributed by atoms with Crippen LogP contribution in [0.5, 0.6) is 0 Å². The van der Waals surface area contributed by atoms with Crippen LogP contribution in [0.25, 0.3) is 99.4 Å². The van der Waals surface area contributed by atoms with Gasteiger partial charge in [-0.15, -0.1) is 0 Å². The molecule has 8 aromatic carbocycles. The van der Waals surface area contributed by atoms with Crippen molar-refractivity contribution in [2.75, 3.05) is 0 Å². The summed E-state index contributed by atoms with van der Waals surface area (Å²) in [6, 6.07) is 65.0. The molecule has 4 heteroatoms. The summed E-state index contributed by atoms with van der Waals surface area (Å²) in [5.41, 5.74) is 12.3. The number of benzene rings is 8. The van der Waals surface area contributed by atoms with Crippen molar-refractivity contribution >= 4 is 54.4 Å². The first-order valence-electron chi connectivity index (χ1n) is 18.3. The molecule has 0 spiro atoms. The lowest BCUT2D eigenvalue weighted by Crippen LogP contribution is -2.03. The number of nitrogens with zero attached hydrogens (tertiary/aromatic N) is 4. The van der Waals surface area contributed by atoms with Crippen molar-refractivity contribution in [2.45, 2.75) is 0 Å². The summed E-state index contributed by atoms with van der Waals surface area (Å²) in [4.78, 5) is 10.3. The van der Waals surface area contributed by atoms with Gasteiger partial charge in [0.15, 0.2) is 0 Å². The summed E-state index contributed by atoms with van der Waals surface area (Å²) < 4.78 is 4.67. The van der Waals surface area contributed by atoms with Gasteiger partial charge in [0, 0.05) is 45.2 Å². The van der Waals surface area contributed by atoms with Crippen molar-refractivity contribution in [2.24, 2.45) is 0 Å². The predicted molar refractivity (Wildman–Crippen MR) is 225 cm³/mol. The SMILES string of the molecule is c1ccc(-c2cc(-c3ccccc3)cc(-c3cnc(-n4c5ccccc5c5ccc6c7cc8ccccc8cc7n(-c7ccccc7)c6c54)nc3)c2)cc1. The zero-order valence-electron chi connectivity index (χ0n) is 29.3. The van der Waals surface area contributed by atoms with E-state index in [1.54, 1.807) is 0 Å². The van der Waals surface area contributed by atoms with Gasteiger partial charge in [0.1, 0.15) is 0 Å². The third kappa shape index (κ3) is 4.78. The second-order valence-electron chi connectivity index (χ2n) is 13.9. The maximum Gasteiger partial charge on any atom is 0.234 e. The Hall–Kier alpha value is -7.30. The number of rotatable bonds is 5. The molecule has 3 heterocycles. The van der Waals surface area contributed by atoms with E-state index in [4.69, 9.17) is 9.97 Å². The van der Waals surface area contributed by atoms with E-state index in [1.807, 2.05) is 12.4 Å². The molecule has 0 amide bonds. The fourth-order valence-electron chi connectivity index (χ4n) is 8.26. The lowest BCUT2D eigenvalue weighted by atomic mass is 9.94. The van der Waals surface area contributed by atoms with Gasteiger partial charge in [-0.1, -0.05) is 133 Å². The van der Waals surface area contributed by atoms with Gasteiger partial charge in [0.25, 0.3) is 0 Å². The Kier molecular flexibility index (Phi) is 6.82. The van der Waals surface area contributed by atoms with Gasteiger partial charge >= 0.3 is 0 Å². The molecule has 0 atom stereocenters. The van der Waals surface area contributed by atoms with Gasteiger partial charge in [-0.3, -0.25) is 4.57 Å². The molecule has 252 valence electrons. The molecule has 0 N–H and O–H groups in total. The fraction of sp³-hybridized carbons (Fsp3) is 0. The topological polar surface area (TPSA) is 35.6 Å². The number of para-hydroxylation sites is 2. The number of aromatic nitrogens is 4. The first-order valence-corrected chi connectivity index (χ1v) is 18.3. The van der Waals surface area contributed by atoms with Crippen molar-refractivity contribution in [1.82, 2.24) is 19.1 Å². The molecular formula is C50H32N4. The van der Waals surface area contributed by atoms with Gasteiger partial charge in [-0.05, 0) is 87.1 Å². The van der Waals surface area contributed by atoms with Gasteiger partial charge in [0.05, 0.1) is 22.1 Å². The van der Waals surface area contributed by atoms with E-state index in [1.165, 1.54) is 49.0 Å². The number of fused-ring (bicyclic) bond motifs is 8. The van der Waals surface area contributed by atoms with Crippen LogP contribution in [0.1, 0.15) is 0 Å². The number of hydrogen-bond donors (Lipinski definition) is 0. The van der Waals surface area contributed by atoms with E-state index >= 15 is 0 Å². The van der Waals surface area contributed by atoms with Crippen LogP contribution in [0.3, 0.4) is 0 Å². The first kappa shape index (κ1) is 30.3. The largest absolute Gasteiger partial charge is 0.307 e. The maximum atomic E-state index is 5.15. The highest BCUT2D eigenvalue weighted by Gasteiger charge is 2.22. The molecule has 11 aromatic rings. The van der Waals surface area contributed by atoms with E-state index in [9.17, 15) is 0 Å². The van der Waals surface area contributed by atoms with E-state index in [2.05, 4.69) is 191 Å². The Balaban J connectivity index is 1.16. The van der Waals surface area contributed by atoms with Gasteiger partial charge < -0.3 is 4.57 Å². The Morgan fingerprint density at radius 1 is 0.315 bits per heavy atom. The Bertz CT molecular complexity index is 3120. The first-order chi connectivity index (χ1) is 26.8. The average Bonchev–Trinajstić information content (AvgIpc) is 3.76. The smallest absolute Gasteiger partial charge is 0.234 e. The minimum absolute atomic E-state index is 0.634. The van der Waals surface area contributed by atoms with Crippen LogP contribution in [0, 0.1) is 0 Å². The van der Waals surface area contributed by atoms with Crippen LogP contribution in [-0.4, -0.2) is 19.1 Å². The Morgan fingerprint density at radius 2 is 0.815 bits per heavy atom. The summed E-state index contributed by atoms with van der Waals surface area (Å²) >= 11 is 0. The second-order valence-corrected chi connectivity index (χ2v) is 13.9. The minimum atomic E-state index is 0.634. The molecule has 0 unspecified atom stereocenters. The zero-order valence-corrected chi connectivity index (χ0v) is 29.3. The number of hydrogen-bond acceptors (Lipinski definition) is 2. The summed E-state index contributed by atoms with van der Waals surface area (Å²) in [6.45, 7) is 0.